The minimum Gasteiger partial charge on any atom is -0.489 e. The van der Waals surface area contributed by atoms with Gasteiger partial charge in [-0.25, -0.2) is 14.6 Å². The third kappa shape index (κ3) is 21.2. The zero-order chi connectivity index (χ0) is 54.4. The van der Waals surface area contributed by atoms with Gasteiger partial charge >= 0.3 is 20.1 Å². The average molecular weight is 1330 g/mol. The van der Waals surface area contributed by atoms with Crippen molar-refractivity contribution in [2.45, 2.75) is 147 Å². The van der Waals surface area contributed by atoms with Crippen molar-refractivity contribution in [3.63, 3.8) is 0 Å². The first-order valence-electron chi connectivity index (χ1n) is 26.2. The second-order valence-electron chi connectivity index (χ2n) is 20.3. The third-order valence-electron chi connectivity index (χ3n) is 12.6. The summed E-state index contributed by atoms with van der Waals surface area (Å²) in [5, 5.41) is 19.6. The minimum atomic E-state index is 0. The number of hydrogen-bond acceptors (Lipinski definition) is 9. The van der Waals surface area contributed by atoms with Gasteiger partial charge in [-0.1, -0.05) is 105 Å². The summed E-state index contributed by atoms with van der Waals surface area (Å²) < 4.78 is 5.31. The van der Waals surface area contributed by atoms with Crippen LogP contribution in [0, 0.1) is 69.8 Å². The smallest absolute Gasteiger partial charge is 0.489 e. The number of benzene rings is 5. The summed E-state index contributed by atoms with van der Waals surface area (Å²) in [6, 6.07) is 39.5. The fraction of sp³-hybridized carbons (Fsp3) is 0.381. The van der Waals surface area contributed by atoms with Gasteiger partial charge in [-0.05, 0) is 165 Å². The molecule has 1 aliphatic carbocycles. The number of H-pyrrole nitrogens is 1. The van der Waals surface area contributed by atoms with Gasteiger partial charge in [0.1, 0.15) is 25.3 Å². The van der Waals surface area contributed by atoms with Gasteiger partial charge in [0.25, 0.3) is 0 Å². The molecule has 2 atom stereocenters. The molecule has 0 saturated heterocycles. The van der Waals surface area contributed by atoms with Crippen LogP contribution in [0.1, 0.15) is 138 Å². The average Bonchev–Trinajstić information content (AvgIpc) is 4.24. The number of hydrazone groups is 1. The van der Waals surface area contributed by atoms with E-state index in [1.807, 2.05) is 42.4 Å². The molecule has 8 aromatic rings. The molecule has 0 bridgehead atoms. The van der Waals surface area contributed by atoms with E-state index in [1.165, 1.54) is 92.9 Å². The molecular formula is C63H84IIrN12. The number of aromatic nitrogens is 8. The zero-order valence-electron chi connectivity index (χ0n) is 47.2. The van der Waals surface area contributed by atoms with E-state index in [-0.39, 0.29) is 27.5 Å². The Bertz CT molecular complexity index is 2780. The van der Waals surface area contributed by atoms with Gasteiger partial charge in [0.15, 0.2) is 0 Å². The number of hydrogen-bond donors (Lipinski definition) is 2. The summed E-state index contributed by atoms with van der Waals surface area (Å²) in [5.41, 5.74) is 14.6. The molecule has 10 rings (SSSR count). The van der Waals surface area contributed by atoms with Crippen molar-refractivity contribution in [1.82, 2.24) is 49.7 Å². The molecule has 0 amide bonds. The van der Waals surface area contributed by atoms with Crippen molar-refractivity contribution < 1.29 is 20.1 Å². The third-order valence-corrected chi connectivity index (χ3v) is 13.2. The zero-order valence-corrected chi connectivity index (χ0v) is 51.7. The number of halogens is 1. The van der Waals surface area contributed by atoms with Crippen LogP contribution in [-0.2, 0) is 20.1 Å². The maximum Gasteiger partial charge on any atom is 3.00 e. The molecule has 4 heterocycles. The Balaban J connectivity index is 0.000000256. The molecule has 2 N–H and O–H groups in total. The minimum absolute atomic E-state index is 0. The number of para-hydroxylation sites is 1. The molecule has 2 unspecified atom stereocenters. The Morgan fingerprint density at radius 2 is 1.40 bits per heavy atom. The number of imidazole rings is 1. The van der Waals surface area contributed by atoms with Crippen molar-refractivity contribution in [1.29, 1.82) is 0 Å². The number of anilines is 1. The van der Waals surface area contributed by atoms with Gasteiger partial charge in [0.2, 0.25) is 0 Å². The molecule has 2 aliphatic rings. The molecule has 5 aromatic carbocycles. The number of rotatable bonds is 8. The van der Waals surface area contributed by atoms with Gasteiger partial charge in [-0.15, -0.1) is 48.6 Å². The maximum atomic E-state index is 4.60. The van der Waals surface area contributed by atoms with E-state index in [4.69, 9.17) is 0 Å². The van der Waals surface area contributed by atoms with Crippen LogP contribution in [0.2, 0.25) is 0 Å². The first-order valence-corrected chi connectivity index (χ1v) is 27.2. The molecule has 412 valence electrons. The van der Waals surface area contributed by atoms with Crippen LogP contribution in [0.25, 0.3) is 22.8 Å². The molecule has 1 fully saturated rings. The first-order chi connectivity index (χ1) is 35.9. The molecule has 12 nitrogen and oxygen atoms in total. The van der Waals surface area contributed by atoms with E-state index in [0.29, 0.717) is 17.9 Å². The molecule has 0 spiro atoms. The van der Waals surface area contributed by atoms with Gasteiger partial charge in [-0.3, -0.25) is 10.1 Å². The summed E-state index contributed by atoms with van der Waals surface area (Å²) >= 11 is 2.33. The van der Waals surface area contributed by atoms with Crippen molar-refractivity contribution in [3.05, 3.63) is 196 Å². The Kier molecular flexibility index (Phi) is 28.5. The van der Waals surface area contributed by atoms with Gasteiger partial charge in [0.05, 0.1) is 17.9 Å². The Morgan fingerprint density at radius 1 is 0.766 bits per heavy atom. The summed E-state index contributed by atoms with van der Waals surface area (Å²) in [5.74, 6) is 2.77. The van der Waals surface area contributed by atoms with Gasteiger partial charge in [-0.2, -0.15) is 38.6 Å². The van der Waals surface area contributed by atoms with Crippen LogP contribution >= 0.6 is 22.6 Å². The van der Waals surface area contributed by atoms with E-state index >= 15 is 0 Å². The summed E-state index contributed by atoms with van der Waals surface area (Å²) in [6.45, 7) is 30.1. The van der Waals surface area contributed by atoms with Crippen LogP contribution in [0.5, 0.6) is 0 Å². The predicted molar refractivity (Wildman–Crippen MR) is 326 cm³/mol. The van der Waals surface area contributed by atoms with Crippen LogP contribution in [-0.4, -0.2) is 69.9 Å². The molecular weight excluding hydrogens is 1240 g/mol. The van der Waals surface area contributed by atoms with E-state index in [0.717, 1.165) is 40.3 Å². The van der Waals surface area contributed by atoms with Crippen molar-refractivity contribution >= 4 is 34.6 Å². The first kappa shape index (κ1) is 65.5. The Hall–Kier alpha value is -5.80. The van der Waals surface area contributed by atoms with E-state index in [2.05, 4.69) is 261 Å². The van der Waals surface area contributed by atoms with Crippen LogP contribution in [0.3, 0.4) is 0 Å². The monoisotopic (exact) mass is 1330 g/mol. The second-order valence-corrected chi connectivity index (χ2v) is 21.5. The Morgan fingerprint density at radius 3 is 1.87 bits per heavy atom. The fourth-order valence-electron chi connectivity index (χ4n) is 8.95. The van der Waals surface area contributed by atoms with Crippen molar-refractivity contribution in [3.8, 4) is 22.8 Å². The molecule has 1 aliphatic heterocycles. The summed E-state index contributed by atoms with van der Waals surface area (Å²) in [4.78, 5) is 14.1. The summed E-state index contributed by atoms with van der Waals surface area (Å²) in [7, 11) is 2.08. The van der Waals surface area contributed by atoms with Crippen molar-refractivity contribution in [2.75, 3.05) is 12.1 Å². The van der Waals surface area contributed by atoms with Crippen molar-refractivity contribution in [2.24, 2.45) is 11.0 Å². The quantitative estimate of drug-likeness (QED) is 0.114. The van der Waals surface area contributed by atoms with E-state index in [9.17, 15) is 0 Å². The SMILES string of the molecule is C.CC(C)c1cccc(C(C)C)c1-n1ccnc1-c1[c-]cccc1.CNC1CCCCC1C.Cc1[c-]c(N2[CH-]N(C(C)C)C=N2)cc(C)c1.Cc1cc(C)cc(-n2cncn2)c1.Cc1cc(C)cc(I)c1.[Ir+3].c1nc[nH]n1. The van der Waals surface area contributed by atoms with Gasteiger partial charge in [0, 0.05) is 27.7 Å². The number of aryl methyl sites for hydroxylation is 6. The topological polar surface area (TPSA) is 121 Å². The maximum absolute atomic E-state index is 4.60. The Labute approximate surface area is 489 Å². The molecule has 14 heteroatoms. The molecule has 3 aromatic heterocycles. The molecule has 0 radical (unpaired) electrons. The van der Waals surface area contributed by atoms with Crippen LogP contribution in [0.15, 0.2) is 134 Å². The largest absolute Gasteiger partial charge is 3.00 e. The number of nitrogens with one attached hydrogen (secondary N) is 2. The van der Waals surface area contributed by atoms with Crippen LogP contribution < -0.4 is 10.3 Å². The van der Waals surface area contributed by atoms with E-state index in [1.54, 1.807) is 11.0 Å². The molecule has 77 heavy (non-hydrogen) atoms. The normalized spacial score (nSPS) is 14.3. The van der Waals surface area contributed by atoms with E-state index < -0.39 is 0 Å². The second kappa shape index (κ2) is 33.5. The van der Waals surface area contributed by atoms with Crippen LogP contribution in [0.4, 0.5) is 5.69 Å². The number of nitrogens with zero attached hydrogens (tertiary/aromatic N) is 10. The van der Waals surface area contributed by atoms with Gasteiger partial charge < -0.3 is 19.8 Å². The summed E-state index contributed by atoms with van der Waals surface area (Å²) in [6.07, 6.45) is 17.7. The standard InChI is InChI=1S/C21H23N2.C13H17N3.C10H11N3.C8H9I.C8H17N.C2H3N3.CH4.Ir/c1-15(2)18-11-8-12-19(16(3)4)20(18)23-14-13-22-21(23)17-9-6-5-7-10-17;1-10(2)15-8-14-16(9-15)13-6-11(3)5-12(4)7-13;1-8-3-9(2)5-10(4-8)13-7-11-6-12-13;1-6-3-7(2)5-8(9)4-6;1-7-5-3-4-6-8(7)9-2;1-3-2-5-4-1;;/h5-9,11-16H,1-4H3;5-6,8-10H,1-4H3;3-7H,1-2H3;3-5H,1-2H3;7-9H,3-6H2,1-2H3;1-2H,(H,3,4,5);1H4;/q-1;-2;;;;;;+3. The number of aromatic amines is 1. The molecule has 1 saturated carbocycles. The fourth-order valence-corrected chi connectivity index (χ4v) is 9.93. The predicted octanol–water partition coefficient (Wildman–Crippen LogP) is 15.3.